The Bertz CT molecular complexity index is 984. The van der Waals surface area contributed by atoms with Crippen molar-refractivity contribution in [2.24, 2.45) is 0 Å². The van der Waals surface area contributed by atoms with Crippen LogP contribution in [0.4, 0.5) is 0 Å². The molecule has 0 N–H and O–H groups in total. The van der Waals surface area contributed by atoms with Crippen LogP contribution >= 0.6 is 11.6 Å². The summed E-state index contributed by atoms with van der Waals surface area (Å²) in [6.07, 6.45) is 5.19. The van der Waals surface area contributed by atoms with Gasteiger partial charge in [0.2, 0.25) is 0 Å². The number of allylic oxidation sites excluding steroid dienone is 1. The first-order chi connectivity index (χ1) is 12.0. The highest BCUT2D eigenvalue weighted by molar-refractivity contribution is 6.31. The second kappa shape index (κ2) is 6.32. The number of aromatic nitrogens is 2. The Morgan fingerprint density at radius 1 is 1.24 bits per heavy atom. The van der Waals surface area contributed by atoms with Crippen LogP contribution in [-0.2, 0) is 13.0 Å². The molecule has 1 aliphatic rings. The van der Waals surface area contributed by atoms with Crippen molar-refractivity contribution in [1.82, 2.24) is 14.5 Å². The van der Waals surface area contributed by atoms with Crippen LogP contribution in [-0.4, -0.2) is 28.0 Å². The van der Waals surface area contributed by atoms with Crippen molar-refractivity contribution in [2.45, 2.75) is 26.8 Å². The molecule has 0 unspecified atom stereocenters. The van der Waals surface area contributed by atoms with Crippen molar-refractivity contribution in [2.75, 3.05) is 13.6 Å². The lowest BCUT2D eigenvalue weighted by atomic mass is 10.1. The van der Waals surface area contributed by atoms with Gasteiger partial charge in [-0.2, -0.15) is 0 Å². The Morgan fingerprint density at radius 2 is 2.08 bits per heavy atom. The number of halogens is 1. The molecular weight excluding hydrogens is 330 g/mol. The maximum absolute atomic E-state index is 6.28. The zero-order valence-electron chi connectivity index (χ0n) is 14.9. The number of benzene rings is 1. The quantitative estimate of drug-likeness (QED) is 0.647. The zero-order valence-corrected chi connectivity index (χ0v) is 15.6. The third-order valence-corrected chi connectivity index (χ3v) is 5.25. The summed E-state index contributed by atoms with van der Waals surface area (Å²) in [7, 11) is 2.18. The lowest BCUT2D eigenvalue weighted by Gasteiger charge is -2.23. The van der Waals surface area contributed by atoms with Gasteiger partial charge in [0.15, 0.2) is 0 Å². The lowest BCUT2D eigenvalue weighted by Crippen LogP contribution is -2.26. The molecule has 128 valence electrons. The molecule has 0 spiro atoms. The van der Waals surface area contributed by atoms with Gasteiger partial charge in [0.25, 0.3) is 0 Å². The molecule has 0 fully saturated rings. The average Bonchev–Trinajstić information content (AvgIpc) is 2.87. The molecule has 0 amide bonds. The molecule has 4 heteroatoms. The number of pyridine rings is 1. The number of likely N-dealkylation sites (N-methyl/N-ethyl adjacent to an activating group) is 1. The monoisotopic (exact) mass is 351 g/mol. The fourth-order valence-electron chi connectivity index (χ4n) is 3.71. The Morgan fingerprint density at radius 3 is 2.88 bits per heavy atom. The first-order valence-electron chi connectivity index (χ1n) is 8.64. The third kappa shape index (κ3) is 2.99. The fourth-order valence-corrected chi connectivity index (χ4v) is 3.88. The summed E-state index contributed by atoms with van der Waals surface area (Å²) in [6, 6.07) is 10.4. The van der Waals surface area contributed by atoms with Crippen LogP contribution in [0, 0.1) is 6.92 Å². The van der Waals surface area contributed by atoms with Crippen LogP contribution in [0.1, 0.15) is 29.4 Å². The van der Waals surface area contributed by atoms with E-state index >= 15 is 0 Å². The molecule has 1 aliphatic heterocycles. The molecule has 0 bridgehead atoms. The summed E-state index contributed by atoms with van der Waals surface area (Å²) >= 11 is 6.28. The molecule has 4 rings (SSSR count). The molecule has 0 radical (unpaired) electrons. The predicted molar refractivity (Wildman–Crippen MR) is 106 cm³/mol. The predicted octanol–water partition coefficient (Wildman–Crippen LogP) is 5.00. The molecular formula is C21H22ClN3. The molecule has 0 aliphatic carbocycles. The second-order valence-corrected chi connectivity index (χ2v) is 7.38. The molecule has 25 heavy (non-hydrogen) atoms. The number of rotatable bonds is 2. The number of hydrogen-bond acceptors (Lipinski definition) is 2. The topological polar surface area (TPSA) is 21.1 Å². The van der Waals surface area contributed by atoms with Gasteiger partial charge in [-0.15, -0.1) is 0 Å². The van der Waals surface area contributed by atoms with Crippen LogP contribution in [0.25, 0.3) is 22.7 Å². The highest BCUT2D eigenvalue weighted by Gasteiger charge is 2.22. The van der Waals surface area contributed by atoms with Crippen LogP contribution in [0.2, 0.25) is 5.02 Å². The van der Waals surface area contributed by atoms with E-state index < -0.39 is 0 Å². The smallest absolute Gasteiger partial charge is 0.0529 e. The summed E-state index contributed by atoms with van der Waals surface area (Å²) < 4.78 is 2.36. The van der Waals surface area contributed by atoms with Crippen molar-refractivity contribution < 1.29 is 0 Å². The van der Waals surface area contributed by atoms with Gasteiger partial charge >= 0.3 is 0 Å². The average molecular weight is 352 g/mol. The Kier molecular flexibility index (Phi) is 4.14. The van der Waals surface area contributed by atoms with E-state index in [-0.39, 0.29) is 0 Å². The third-order valence-electron chi connectivity index (χ3n) is 5.02. The van der Waals surface area contributed by atoms with Crippen LogP contribution in [0.5, 0.6) is 0 Å². The van der Waals surface area contributed by atoms with E-state index in [0.717, 1.165) is 30.2 Å². The van der Waals surface area contributed by atoms with E-state index in [0.29, 0.717) is 0 Å². The first-order valence-corrected chi connectivity index (χ1v) is 9.02. The van der Waals surface area contributed by atoms with Gasteiger partial charge in [-0.05, 0) is 67.9 Å². The summed E-state index contributed by atoms with van der Waals surface area (Å²) in [5.74, 6) is 0. The van der Waals surface area contributed by atoms with Crippen molar-refractivity contribution in [1.29, 1.82) is 0 Å². The van der Waals surface area contributed by atoms with Gasteiger partial charge in [-0.1, -0.05) is 11.6 Å². The van der Waals surface area contributed by atoms with Crippen molar-refractivity contribution in [3.63, 3.8) is 0 Å². The maximum Gasteiger partial charge on any atom is 0.0529 e. The normalized spacial score (nSPS) is 15.6. The van der Waals surface area contributed by atoms with Crippen LogP contribution < -0.4 is 0 Å². The van der Waals surface area contributed by atoms with Crippen LogP contribution in [0.15, 0.2) is 36.5 Å². The number of aryl methyl sites for hydroxylation is 1. The number of hydrogen-bond donors (Lipinski definition) is 0. The molecule has 0 saturated heterocycles. The van der Waals surface area contributed by atoms with Crippen molar-refractivity contribution in [3.8, 4) is 0 Å². The van der Waals surface area contributed by atoms with E-state index in [4.69, 9.17) is 11.6 Å². The number of fused-ring (bicyclic) bond motifs is 3. The Hall–Kier alpha value is -2.10. The van der Waals surface area contributed by atoms with Gasteiger partial charge in [0, 0.05) is 53.7 Å². The maximum atomic E-state index is 6.28. The molecule has 3 aromatic rings. The van der Waals surface area contributed by atoms with Gasteiger partial charge in [-0.25, -0.2) is 0 Å². The minimum atomic E-state index is 0.797. The highest BCUT2D eigenvalue weighted by Crippen LogP contribution is 2.33. The van der Waals surface area contributed by atoms with Gasteiger partial charge in [-0.3, -0.25) is 4.98 Å². The second-order valence-electron chi connectivity index (χ2n) is 6.94. The fraction of sp³-hybridized carbons (Fsp3) is 0.286. The van der Waals surface area contributed by atoms with E-state index in [2.05, 4.69) is 58.9 Å². The van der Waals surface area contributed by atoms with Crippen molar-refractivity contribution in [3.05, 3.63) is 64.1 Å². The van der Waals surface area contributed by atoms with Crippen LogP contribution in [0.3, 0.4) is 0 Å². The zero-order chi connectivity index (χ0) is 17.6. The molecule has 0 saturated carbocycles. The highest BCUT2D eigenvalue weighted by atomic mass is 35.5. The number of nitrogens with zero attached hydrogens (tertiary/aromatic N) is 3. The van der Waals surface area contributed by atoms with E-state index in [9.17, 15) is 0 Å². The van der Waals surface area contributed by atoms with Gasteiger partial charge < -0.3 is 9.47 Å². The Labute approximate surface area is 153 Å². The Balaban J connectivity index is 1.91. The van der Waals surface area contributed by atoms with Gasteiger partial charge in [0.05, 0.1) is 5.52 Å². The van der Waals surface area contributed by atoms with Gasteiger partial charge in [0.1, 0.15) is 0 Å². The minimum Gasteiger partial charge on any atom is -0.320 e. The molecule has 3 nitrogen and oxygen atoms in total. The molecule has 2 aromatic heterocycles. The van der Waals surface area contributed by atoms with E-state index in [1.807, 2.05) is 19.2 Å². The largest absolute Gasteiger partial charge is 0.320 e. The summed E-state index contributed by atoms with van der Waals surface area (Å²) in [5, 5.41) is 2.06. The van der Waals surface area contributed by atoms with E-state index in [1.54, 1.807) is 0 Å². The summed E-state index contributed by atoms with van der Waals surface area (Å²) in [5.41, 5.74) is 7.53. The first kappa shape index (κ1) is 16.4. The molecule has 0 atom stereocenters. The van der Waals surface area contributed by atoms with Crippen molar-refractivity contribution >= 4 is 34.3 Å². The molecule has 3 heterocycles. The minimum absolute atomic E-state index is 0.797. The summed E-state index contributed by atoms with van der Waals surface area (Å²) in [4.78, 5) is 6.67. The summed E-state index contributed by atoms with van der Waals surface area (Å²) in [6.45, 7) is 6.25. The standard InChI is InChI=1S/C21H22ClN3/c1-14(16-6-8-23-15(2)10-16)12-25-20-5-4-17(22)11-18(20)19-13-24(3)9-7-21(19)25/h4-6,8,10-12H,7,9,13H2,1-3H3/b14-12-. The van der Waals surface area contributed by atoms with E-state index in [1.165, 1.54) is 33.3 Å². The molecule has 1 aromatic carbocycles. The SMILES string of the molecule is C/C(=C/n1c2c(c3cc(Cl)ccc31)CN(C)CC2)c1ccnc(C)c1. The lowest BCUT2D eigenvalue weighted by molar-refractivity contribution is 0.312.